The molecule has 0 fully saturated rings. The predicted molar refractivity (Wildman–Crippen MR) is 251 cm³/mol. The Morgan fingerprint density at radius 2 is 1.03 bits per heavy atom. The minimum atomic E-state index is -0.331. The second kappa shape index (κ2) is 13.9. The van der Waals surface area contributed by atoms with Crippen molar-refractivity contribution in [1.29, 1.82) is 0 Å². The van der Waals surface area contributed by atoms with Gasteiger partial charge in [0.2, 0.25) is 0 Å². The van der Waals surface area contributed by atoms with E-state index in [4.69, 9.17) is 14.4 Å². The highest BCUT2D eigenvalue weighted by molar-refractivity contribution is 6.12. The van der Waals surface area contributed by atoms with Crippen molar-refractivity contribution < 1.29 is 4.42 Å². The van der Waals surface area contributed by atoms with Gasteiger partial charge in [0.15, 0.2) is 5.82 Å². The van der Waals surface area contributed by atoms with Crippen LogP contribution in [0.5, 0.6) is 0 Å². The molecule has 2 heterocycles. The molecule has 0 N–H and O–H groups in total. The summed E-state index contributed by atoms with van der Waals surface area (Å²) in [6.07, 6.45) is 0. The van der Waals surface area contributed by atoms with Gasteiger partial charge in [-0.2, -0.15) is 0 Å². The molecule has 0 amide bonds. The van der Waals surface area contributed by atoms with E-state index < -0.39 is 0 Å². The summed E-state index contributed by atoms with van der Waals surface area (Å²) >= 11 is 0. The molecule has 0 radical (unpaired) electrons. The third-order valence-electron chi connectivity index (χ3n) is 12.7. The number of hydrogen-bond donors (Lipinski definition) is 0. The van der Waals surface area contributed by atoms with Crippen LogP contribution in [0.1, 0.15) is 23.6 Å². The fourth-order valence-corrected chi connectivity index (χ4v) is 9.77. The lowest BCUT2D eigenvalue weighted by molar-refractivity contribution is 0.669. The molecule has 286 valence electrons. The van der Waals surface area contributed by atoms with Crippen LogP contribution in [0, 0.1) is 0 Å². The van der Waals surface area contributed by atoms with Crippen LogP contribution in [0.2, 0.25) is 0 Å². The van der Waals surface area contributed by atoms with Crippen molar-refractivity contribution in [3.05, 3.63) is 229 Å². The van der Waals surface area contributed by atoms with E-state index in [1.807, 2.05) is 18.2 Å². The number of hydrogen-bond acceptors (Lipinski definition) is 3. The molecule has 61 heavy (non-hydrogen) atoms. The van der Waals surface area contributed by atoms with Gasteiger partial charge in [-0.05, 0) is 110 Å². The third kappa shape index (κ3) is 5.66. The standard InChI is InChI=1S/C58H38N2O/c1-58(44-20-6-3-7-21-44)49-26-12-10-22-46(49)55-47(25-14-27-50(55)58)52-36-51(59-57(60-52)38-17-4-2-5-18-38)43-34-41(40-31-30-37-16-8-9-19-39(37)32-40)33-42(35-43)45-24-15-29-54-56(45)48-23-11-13-28-53(48)61-54/h2-36H,1H3. The number of fused-ring (bicyclic) bond motifs is 7. The van der Waals surface area contributed by atoms with Crippen LogP contribution >= 0.6 is 0 Å². The van der Waals surface area contributed by atoms with Crippen molar-refractivity contribution in [1.82, 2.24) is 9.97 Å². The number of aromatic nitrogens is 2. The van der Waals surface area contributed by atoms with Crippen LogP contribution in [-0.2, 0) is 5.41 Å². The van der Waals surface area contributed by atoms with Gasteiger partial charge in [-0.3, -0.25) is 0 Å². The number of para-hydroxylation sites is 1. The average Bonchev–Trinajstić information content (AvgIpc) is 3.85. The highest BCUT2D eigenvalue weighted by Crippen LogP contribution is 2.55. The lowest BCUT2D eigenvalue weighted by Crippen LogP contribution is -2.22. The van der Waals surface area contributed by atoms with Gasteiger partial charge in [0.25, 0.3) is 0 Å². The smallest absolute Gasteiger partial charge is 0.160 e. The minimum absolute atomic E-state index is 0.331. The Kier molecular flexibility index (Phi) is 7.98. The van der Waals surface area contributed by atoms with E-state index in [1.165, 1.54) is 38.6 Å². The second-order valence-corrected chi connectivity index (χ2v) is 16.2. The molecule has 0 saturated carbocycles. The predicted octanol–water partition coefficient (Wildman–Crippen LogP) is 15.2. The third-order valence-corrected chi connectivity index (χ3v) is 12.7. The summed E-state index contributed by atoms with van der Waals surface area (Å²) < 4.78 is 6.41. The lowest BCUT2D eigenvalue weighted by Gasteiger charge is -2.28. The van der Waals surface area contributed by atoms with Gasteiger partial charge in [0, 0.05) is 32.9 Å². The van der Waals surface area contributed by atoms with Crippen molar-refractivity contribution >= 4 is 32.7 Å². The molecule has 1 aliphatic rings. The van der Waals surface area contributed by atoms with Crippen molar-refractivity contribution in [2.24, 2.45) is 0 Å². The van der Waals surface area contributed by atoms with Crippen molar-refractivity contribution in [2.45, 2.75) is 12.3 Å². The lowest BCUT2D eigenvalue weighted by atomic mass is 9.74. The van der Waals surface area contributed by atoms with Gasteiger partial charge in [-0.25, -0.2) is 9.97 Å². The zero-order valence-corrected chi connectivity index (χ0v) is 33.5. The van der Waals surface area contributed by atoms with Gasteiger partial charge in [-0.1, -0.05) is 170 Å². The number of benzene rings is 9. The summed E-state index contributed by atoms with van der Waals surface area (Å²) in [6, 6.07) is 75.9. The maximum Gasteiger partial charge on any atom is 0.160 e. The fourth-order valence-electron chi connectivity index (χ4n) is 9.77. The summed E-state index contributed by atoms with van der Waals surface area (Å²) in [7, 11) is 0. The fraction of sp³-hybridized carbons (Fsp3) is 0.0345. The van der Waals surface area contributed by atoms with Gasteiger partial charge < -0.3 is 4.42 Å². The van der Waals surface area contributed by atoms with Crippen LogP contribution < -0.4 is 0 Å². The number of furan rings is 1. The molecule has 0 bridgehead atoms. The quantitative estimate of drug-likeness (QED) is 0.169. The molecule has 1 aliphatic carbocycles. The summed E-state index contributed by atoms with van der Waals surface area (Å²) in [6.45, 7) is 2.36. The number of nitrogens with zero attached hydrogens (tertiary/aromatic N) is 2. The molecule has 0 saturated heterocycles. The monoisotopic (exact) mass is 778 g/mol. The van der Waals surface area contributed by atoms with Gasteiger partial charge >= 0.3 is 0 Å². The summed E-state index contributed by atoms with van der Waals surface area (Å²) in [5.41, 5.74) is 17.0. The molecular formula is C58H38N2O. The van der Waals surface area contributed by atoms with Crippen LogP contribution in [0.3, 0.4) is 0 Å². The topological polar surface area (TPSA) is 38.9 Å². The largest absolute Gasteiger partial charge is 0.456 e. The van der Waals surface area contributed by atoms with Crippen LogP contribution in [0.15, 0.2) is 217 Å². The van der Waals surface area contributed by atoms with E-state index in [0.717, 1.165) is 72.3 Å². The molecule has 0 spiro atoms. The van der Waals surface area contributed by atoms with Gasteiger partial charge in [-0.15, -0.1) is 0 Å². The van der Waals surface area contributed by atoms with Gasteiger partial charge in [0.05, 0.1) is 11.4 Å². The Labute approximate surface area is 354 Å². The minimum Gasteiger partial charge on any atom is -0.456 e. The van der Waals surface area contributed by atoms with E-state index >= 15 is 0 Å². The zero-order chi connectivity index (χ0) is 40.5. The molecule has 1 atom stereocenters. The molecule has 3 nitrogen and oxygen atoms in total. The maximum atomic E-state index is 6.41. The molecule has 0 aliphatic heterocycles. The normalized spacial score (nSPS) is 14.4. The molecule has 12 rings (SSSR count). The van der Waals surface area contributed by atoms with Gasteiger partial charge in [0.1, 0.15) is 11.2 Å². The first kappa shape index (κ1) is 35.1. The Morgan fingerprint density at radius 1 is 0.393 bits per heavy atom. The van der Waals surface area contributed by atoms with Crippen molar-refractivity contribution in [3.63, 3.8) is 0 Å². The first-order valence-electron chi connectivity index (χ1n) is 20.9. The zero-order valence-electron chi connectivity index (χ0n) is 33.5. The Morgan fingerprint density at radius 3 is 1.92 bits per heavy atom. The van der Waals surface area contributed by atoms with E-state index in [0.29, 0.717) is 5.82 Å². The Balaban J connectivity index is 1.12. The Bertz CT molecular complexity index is 3490. The highest BCUT2D eigenvalue weighted by atomic mass is 16.3. The number of rotatable bonds is 6. The van der Waals surface area contributed by atoms with E-state index in [1.54, 1.807) is 0 Å². The first-order valence-corrected chi connectivity index (χ1v) is 20.9. The second-order valence-electron chi connectivity index (χ2n) is 16.2. The SMILES string of the molecule is CC1(c2ccccc2)c2ccccc2-c2c(-c3cc(-c4cc(-c5ccc6ccccc6c5)cc(-c5cccc6oc7ccccc7c56)c4)nc(-c4ccccc4)n3)cccc21. The van der Waals surface area contributed by atoms with E-state index in [-0.39, 0.29) is 5.41 Å². The first-order chi connectivity index (χ1) is 30.1. The van der Waals surface area contributed by atoms with Crippen LogP contribution in [-0.4, -0.2) is 9.97 Å². The van der Waals surface area contributed by atoms with Crippen molar-refractivity contribution in [3.8, 4) is 67.3 Å². The highest BCUT2D eigenvalue weighted by Gasteiger charge is 2.41. The maximum absolute atomic E-state index is 6.41. The van der Waals surface area contributed by atoms with E-state index in [2.05, 4.69) is 201 Å². The van der Waals surface area contributed by atoms with Crippen LogP contribution in [0.25, 0.3) is 100.0 Å². The summed E-state index contributed by atoms with van der Waals surface area (Å²) in [4.78, 5) is 10.8. The summed E-state index contributed by atoms with van der Waals surface area (Å²) in [5.74, 6) is 0.684. The summed E-state index contributed by atoms with van der Waals surface area (Å²) in [5, 5.41) is 4.62. The molecular weight excluding hydrogens is 741 g/mol. The Hall–Kier alpha value is -7.88. The van der Waals surface area contributed by atoms with Crippen molar-refractivity contribution in [2.75, 3.05) is 0 Å². The average molecular weight is 779 g/mol. The van der Waals surface area contributed by atoms with E-state index in [9.17, 15) is 0 Å². The molecule has 1 unspecified atom stereocenters. The molecule has 11 aromatic rings. The molecule has 9 aromatic carbocycles. The molecule has 2 aromatic heterocycles. The molecule has 3 heteroatoms. The van der Waals surface area contributed by atoms with Crippen LogP contribution in [0.4, 0.5) is 0 Å².